The second-order valence-corrected chi connectivity index (χ2v) is 14.6. The molecule has 2 N–H and O–H groups in total. The van der Waals surface area contributed by atoms with Crippen LogP contribution in [0.4, 0.5) is 5.69 Å². The number of aromatic nitrogens is 1. The largest absolute Gasteiger partial charge is 0.367 e. The third-order valence-corrected chi connectivity index (χ3v) is 11.1. The molecule has 56 heavy (non-hydrogen) atoms. The number of amides is 7. The van der Waals surface area contributed by atoms with Gasteiger partial charge in [-0.25, -0.2) is 0 Å². The standard InChI is InChI=1S/C42H45N7O7/c50-35(15-9-29-6-4-19-43-27-29)44-20-2-1-5-28-17-21-47(22-18-28)39(53)30-10-12-31(13-11-30)40(54)48-25-23-46(24-26-48)33-8-3-7-32-37(33)42(56)49(41(32)55)34-14-16-36(51)45-38(34)52/h3-4,6-13,15,19,27-28,34H,1-2,5,14,16-18,20-26H2,(H,44,50)(H,45,51,52)/b15-9+. The first-order chi connectivity index (χ1) is 27.2. The molecule has 5 heterocycles. The maximum Gasteiger partial charge on any atom is 0.264 e. The summed E-state index contributed by atoms with van der Waals surface area (Å²) in [5.74, 6) is -1.98. The van der Waals surface area contributed by atoms with Gasteiger partial charge >= 0.3 is 0 Å². The van der Waals surface area contributed by atoms with Crippen molar-refractivity contribution in [2.24, 2.45) is 5.92 Å². The number of pyridine rings is 1. The summed E-state index contributed by atoms with van der Waals surface area (Å²) in [5, 5.41) is 5.15. The van der Waals surface area contributed by atoms with Gasteiger partial charge in [0.25, 0.3) is 23.6 Å². The van der Waals surface area contributed by atoms with Gasteiger partial charge in [-0.2, -0.15) is 0 Å². The Labute approximate surface area is 324 Å². The highest BCUT2D eigenvalue weighted by atomic mass is 16.2. The molecule has 4 aliphatic rings. The van der Waals surface area contributed by atoms with Crippen molar-refractivity contribution in [3.8, 4) is 0 Å². The molecule has 0 radical (unpaired) electrons. The van der Waals surface area contributed by atoms with Crippen LogP contribution < -0.4 is 15.5 Å². The number of benzene rings is 2. The summed E-state index contributed by atoms with van der Waals surface area (Å²) in [6.07, 6.45) is 11.6. The molecule has 7 amide bonds. The molecule has 3 fully saturated rings. The highest BCUT2D eigenvalue weighted by Crippen LogP contribution is 2.35. The lowest BCUT2D eigenvalue weighted by molar-refractivity contribution is -0.136. The van der Waals surface area contributed by atoms with Crippen molar-refractivity contribution in [1.29, 1.82) is 0 Å². The molecule has 0 spiro atoms. The van der Waals surface area contributed by atoms with Crippen molar-refractivity contribution in [3.63, 3.8) is 0 Å². The van der Waals surface area contributed by atoms with Crippen molar-refractivity contribution in [1.82, 2.24) is 30.3 Å². The van der Waals surface area contributed by atoms with Gasteiger partial charge in [-0.3, -0.25) is 48.8 Å². The first kappa shape index (κ1) is 38.1. The Morgan fingerprint density at radius 1 is 0.786 bits per heavy atom. The summed E-state index contributed by atoms with van der Waals surface area (Å²) < 4.78 is 0. The Morgan fingerprint density at radius 3 is 2.14 bits per heavy atom. The van der Waals surface area contributed by atoms with Crippen LogP contribution in [0, 0.1) is 5.92 Å². The van der Waals surface area contributed by atoms with Gasteiger partial charge in [0.2, 0.25) is 17.7 Å². The van der Waals surface area contributed by atoms with Gasteiger partial charge in [0, 0.05) is 81.8 Å². The van der Waals surface area contributed by atoms with Crippen LogP contribution in [0.5, 0.6) is 0 Å². The van der Waals surface area contributed by atoms with Crippen molar-refractivity contribution >= 4 is 53.1 Å². The molecule has 3 aromatic rings. The van der Waals surface area contributed by atoms with E-state index < -0.39 is 29.7 Å². The number of piperazine rings is 1. The minimum atomic E-state index is -1.04. The molecule has 2 aromatic carbocycles. The average Bonchev–Trinajstić information content (AvgIpc) is 3.48. The number of carbonyl (C=O) groups is 7. The van der Waals surface area contributed by atoms with Crippen molar-refractivity contribution in [2.75, 3.05) is 50.7 Å². The van der Waals surface area contributed by atoms with E-state index in [0.717, 1.165) is 42.6 Å². The number of anilines is 1. The molecule has 4 aliphatic heterocycles. The quantitative estimate of drug-likeness (QED) is 0.169. The highest BCUT2D eigenvalue weighted by molar-refractivity contribution is 6.25. The molecular weight excluding hydrogens is 715 g/mol. The first-order valence-corrected chi connectivity index (χ1v) is 19.3. The minimum absolute atomic E-state index is 0.0438. The maximum absolute atomic E-state index is 13.6. The Bertz CT molecular complexity index is 2040. The van der Waals surface area contributed by atoms with Gasteiger partial charge in [0.1, 0.15) is 6.04 Å². The molecule has 1 unspecified atom stereocenters. The van der Waals surface area contributed by atoms with Gasteiger partial charge < -0.3 is 20.0 Å². The summed E-state index contributed by atoms with van der Waals surface area (Å²) in [6, 6.07) is 14.5. The number of piperidine rings is 2. The second-order valence-electron chi connectivity index (χ2n) is 14.6. The number of likely N-dealkylation sites (tertiary alicyclic amines) is 1. The van der Waals surface area contributed by atoms with E-state index in [-0.39, 0.29) is 41.7 Å². The van der Waals surface area contributed by atoms with Crippen molar-refractivity contribution in [3.05, 3.63) is 101 Å². The van der Waals surface area contributed by atoms with Gasteiger partial charge in [0.15, 0.2) is 0 Å². The van der Waals surface area contributed by atoms with Gasteiger partial charge in [0.05, 0.1) is 16.8 Å². The van der Waals surface area contributed by atoms with Crippen LogP contribution in [0.2, 0.25) is 0 Å². The number of unbranched alkanes of at least 4 members (excludes halogenated alkanes) is 1. The molecule has 290 valence electrons. The van der Waals surface area contributed by atoms with Crippen LogP contribution in [0.1, 0.15) is 91.9 Å². The summed E-state index contributed by atoms with van der Waals surface area (Å²) in [6.45, 7) is 3.61. The number of nitrogens with one attached hydrogen (secondary N) is 2. The van der Waals surface area contributed by atoms with E-state index >= 15 is 0 Å². The third-order valence-electron chi connectivity index (χ3n) is 11.1. The molecule has 0 aliphatic carbocycles. The van der Waals surface area contributed by atoms with Gasteiger partial charge in [-0.05, 0) is 85.7 Å². The Kier molecular flexibility index (Phi) is 11.6. The fourth-order valence-corrected chi connectivity index (χ4v) is 7.93. The van der Waals surface area contributed by atoms with Crippen LogP contribution in [0.25, 0.3) is 6.08 Å². The first-order valence-electron chi connectivity index (χ1n) is 19.3. The molecule has 14 nitrogen and oxygen atoms in total. The summed E-state index contributed by atoms with van der Waals surface area (Å²) in [4.78, 5) is 100. The topological polar surface area (TPSA) is 169 Å². The number of carbonyl (C=O) groups excluding carboxylic acids is 7. The number of imide groups is 2. The van der Waals surface area contributed by atoms with Gasteiger partial charge in [-0.1, -0.05) is 25.0 Å². The van der Waals surface area contributed by atoms with E-state index in [2.05, 4.69) is 15.6 Å². The molecule has 14 heteroatoms. The number of fused-ring (bicyclic) bond motifs is 1. The summed E-state index contributed by atoms with van der Waals surface area (Å²) in [5.41, 5.74) is 2.92. The Hall–Kier alpha value is -6.18. The molecular formula is C42H45N7O7. The molecule has 1 aromatic heterocycles. The maximum atomic E-state index is 13.6. The zero-order valence-corrected chi connectivity index (χ0v) is 31.2. The van der Waals surface area contributed by atoms with Crippen LogP contribution in [-0.4, -0.2) is 113 Å². The predicted molar refractivity (Wildman–Crippen MR) is 206 cm³/mol. The zero-order chi connectivity index (χ0) is 39.2. The van der Waals surface area contributed by atoms with E-state index in [1.54, 1.807) is 65.8 Å². The van der Waals surface area contributed by atoms with Crippen LogP contribution >= 0.6 is 0 Å². The van der Waals surface area contributed by atoms with Crippen LogP contribution in [-0.2, 0) is 14.4 Å². The lowest BCUT2D eigenvalue weighted by Crippen LogP contribution is -2.54. The number of hydrogen-bond acceptors (Lipinski definition) is 9. The number of hydrogen-bond donors (Lipinski definition) is 2. The molecule has 0 bridgehead atoms. The Balaban J connectivity index is 0.843. The van der Waals surface area contributed by atoms with Crippen LogP contribution in [0.3, 0.4) is 0 Å². The predicted octanol–water partition coefficient (Wildman–Crippen LogP) is 3.30. The zero-order valence-electron chi connectivity index (χ0n) is 31.2. The van der Waals surface area contributed by atoms with E-state index in [1.807, 2.05) is 21.9 Å². The summed E-state index contributed by atoms with van der Waals surface area (Å²) in [7, 11) is 0. The van der Waals surface area contributed by atoms with E-state index in [1.165, 1.54) is 6.08 Å². The molecule has 0 saturated carbocycles. The lowest BCUT2D eigenvalue weighted by Gasteiger charge is -2.37. The molecule has 7 rings (SSSR count). The Morgan fingerprint density at radius 2 is 1.48 bits per heavy atom. The SMILES string of the molecule is O=C(/C=C/c1cccnc1)NCCCCC1CCN(C(=O)c2ccc(C(=O)N3CCN(c4cccc5c4C(=O)N(C4CCC(=O)NC4=O)C5=O)CC3)cc2)CC1. The normalized spacial score (nSPS) is 19.0. The van der Waals surface area contributed by atoms with E-state index in [0.29, 0.717) is 68.5 Å². The lowest BCUT2D eigenvalue weighted by atomic mass is 9.91. The summed E-state index contributed by atoms with van der Waals surface area (Å²) >= 11 is 0. The van der Waals surface area contributed by atoms with Gasteiger partial charge in [-0.15, -0.1) is 0 Å². The fraction of sp³-hybridized carbons (Fsp3) is 0.381. The van der Waals surface area contributed by atoms with Crippen molar-refractivity contribution < 1.29 is 33.6 Å². The highest BCUT2D eigenvalue weighted by Gasteiger charge is 2.46. The number of nitrogens with zero attached hydrogens (tertiary/aromatic N) is 5. The number of rotatable bonds is 11. The molecule has 1 atom stereocenters. The van der Waals surface area contributed by atoms with Crippen molar-refractivity contribution in [2.45, 2.75) is 51.0 Å². The fourth-order valence-electron chi connectivity index (χ4n) is 7.93. The van der Waals surface area contributed by atoms with Crippen LogP contribution in [0.15, 0.2) is 73.1 Å². The third kappa shape index (κ3) is 8.38. The van der Waals surface area contributed by atoms with E-state index in [9.17, 15) is 33.6 Å². The monoisotopic (exact) mass is 759 g/mol. The smallest absolute Gasteiger partial charge is 0.264 e. The minimum Gasteiger partial charge on any atom is -0.367 e. The average molecular weight is 760 g/mol. The second kappa shape index (κ2) is 17.1. The van der Waals surface area contributed by atoms with E-state index in [4.69, 9.17) is 0 Å². The molecule has 3 saturated heterocycles.